The molecule has 1 unspecified atom stereocenters. The summed E-state index contributed by atoms with van der Waals surface area (Å²) in [6.45, 7) is 0. The molecule has 10 heavy (non-hydrogen) atoms. The molecule has 0 aromatic rings. The number of nitrogens with one attached hydrogen (secondary N) is 1. The van der Waals surface area contributed by atoms with E-state index in [4.69, 9.17) is 5.16 Å². The van der Waals surface area contributed by atoms with Gasteiger partial charge in [-0.15, -0.1) is 23.6 Å². The van der Waals surface area contributed by atoms with Gasteiger partial charge >= 0.3 is 0 Å². The second-order valence-corrected chi connectivity index (χ2v) is 8.38. The summed E-state index contributed by atoms with van der Waals surface area (Å²) in [4.78, 5) is 0. The summed E-state index contributed by atoms with van der Waals surface area (Å²) >= 11 is 5.95. The molecule has 1 rings (SSSR count). The van der Waals surface area contributed by atoms with Crippen LogP contribution in [0.15, 0.2) is 0 Å². The first-order chi connectivity index (χ1) is 4.79. The Morgan fingerprint density at radius 1 is 1.30 bits per heavy atom. The Balaban J connectivity index is 2.19. The number of rotatable bonds is 2. The number of hydrogen-bond donors (Lipinski definition) is 2. The van der Waals surface area contributed by atoms with E-state index in [1.165, 1.54) is 32.1 Å². The Labute approximate surface area is 72.5 Å². The third-order valence-corrected chi connectivity index (χ3v) is 5.48. The predicted molar refractivity (Wildman–Crippen MR) is 54.5 cm³/mol. The van der Waals surface area contributed by atoms with Crippen LogP contribution in [0, 0.1) is 5.16 Å². The van der Waals surface area contributed by atoms with Gasteiger partial charge in [-0.1, -0.05) is 19.3 Å². The SMILES string of the molecule is N=[PH](S)SC1CCCCC1. The van der Waals surface area contributed by atoms with Gasteiger partial charge in [0.05, 0.1) is 6.12 Å². The fourth-order valence-electron chi connectivity index (χ4n) is 1.34. The minimum Gasteiger partial charge on any atom is -0.301 e. The van der Waals surface area contributed by atoms with Gasteiger partial charge in [0.25, 0.3) is 0 Å². The van der Waals surface area contributed by atoms with E-state index in [1.807, 2.05) is 11.4 Å². The third kappa shape index (κ3) is 3.36. The zero-order valence-corrected chi connectivity index (χ0v) is 8.68. The number of thiol groups is 1. The smallest absolute Gasteiger partial charge is 0.0561 e. The minimum absolute atomic E-state index is 0.776. The molecule has 1 saturated carbocycles. The van der Waals surface area contributed by atoms with Crippen LogP contribution in [0.1, 0.15) is 32.1 Å². The average molecular weight is 195 g/mol. The number of hydrogen-bond acceptors (Lipinski definition) is 2. The molecule has 0 radical (unpaired) electrons. The van der Waals surface area contributed by atoms with Gasteiger partial charge in [0.1, 0.15) is 0 Å². The molecule has 1 nitrogen and oxygen atoms in total. The molecule has 0 bridgehead atoms. The molecule has 0 aromatic heterocycles. The van der Waals surface area contributed by atoms with E-state index in [0.29, 0.717) is 0 Å². The Morgan fingerprint density at radius 3 is 2.40 bits per heavy atom. The maximum atomic E-state index is 7.34. The van der Waals surface area contributed by atoms with E-state index in [1.54, 1.807) is 0 Å². The lowest BCUT2D eigenvalue weighted by Crippen LogP contribution is -2.05. The molecule has 60 valence electrons. The van der Waals surface area contributed by atoms with E-state index in [2.05, 4.69) is 12.2 Å². The van der Waals surface area contributed by atoms with Crippen LogP contribution in [-0.4, -0.2) is 5.25 Å². The summed E-state index contributed by atoms with van der Waals surface area (Å²) in [6.07, 6.45) is 5.75. The first-order valence-corrected chi connectivity index (χ1v) is 8.12. The van der Waals surface area contributed by atoms with E-state index in [-0.39, 0.29) is 0 Å². The van der Waals surface area contributed by atoms with Crippen molar-refractivity contribution in [2.24, 2.45) is 0 Å². The van der Waals surface area contributed by atoms with Gasteiger partial charge in [-0.2, -0.15) is 0 Å². The van der Waals surface area contributed by atoms with Crippen LogP contribution in [0.25, 0.3) is 0 Å². The van der Waals surface area contributed by atoms with Gasteiger partial charge in [-0.25, -0.2) is 0 Å². The lowest BCUT2D eigenvalue weighted by atomic mass is 10.0. The highest BCUT2D eigenvalue weighted by molar-refractivity contribution is 8.80. The maximum Gasteiger partial charge on any atom is 0.0561 e. The standard InChI is InChI=1S/C6H14NPS2/c7-8(9)10-6-4-2-1-3-5-6/h6,8H,1-5H2,(H2,7,9). The van der Waals surface area contributed by atoms with Crippen molar-refractivity contribution >= 4 is 29.7 Å². The second kappa shape index (κ2) is 4.74. The maximum absolute atomic E-state index is 7.34. The van der Waals surface area contributed by atoms with Crippen molar-refractivity contribution in [3.63, 3.8) is 0 Å². The monoisotopic (exact) mass is 195 g/mol. The molecular formula is C6H14NPS2. The normalized spacial score (nSPS) is 24.5. The second-order valence-electron chi connectivity index (χ2n) is 2.68. The summed E-state index contributed by atoms with van der Waals surface area (Å²) in [5, 5.41) is 8.12. The van der Waals surface area contributed by atoms with E-state index in [9.17, 15) is 0 Å². The Morgan fingerprint density at radius 2 is 1.90 bits per heavy atom. The van der Waals surface area contributed by atoms with Crippen molar-refractivity contribution in [2.75, 3.05) is 0 Å². The van der Waals surface area contributed by atoms with Crippen molar-refractivity contribution in [1.82, 2.24) is 0 Å². The summed E-state index contributed by atoms with van der Waals surface area (Å²) in [6, 6.07) is 0. The quantitative estimate of drug-likeness (QED) is 0.508. The molecule has 0 amide bonds. The Bertz CT molecular complexity index is 123. The van der Waals surface area contributed by atoms with Crippen molar-refractivity contribution in [3.05, 3.63) is 0 Å². The molecule has 0 spiro atoms. The molecule has 1 aliphatic carbocycles. The van der Waals surface area contributed by atoms with Crippen molar-refractivity contribution in [3.8, 4) is 0 Å². The topological polar surface area (TPSA) is 23.9 Å². The molecule has 0 heterocycles. The zero-order chi connectivity index (χ0) is 7.40. The first kappa shape index (κ1) is 9.02. The first-order valence-electron chi connectivity index (χ1n) is 3.73. The van der Waals surface area contributed by atoms with Crippen LogP contribution in [0.4, 0.5) is 0 Å². The zero-order valence-electron chi connectivity index (χ0n) is 5.97. The molecular weight excluding hydrogens is 181 g/mol. The summed E-state index contributed by atoms with van der Waals surface area (Å²) in [5.74, 6) is 0. The molecule has 1 aliphatic rings. The van der Waals surface area contributed by atoms with Gasteiger partial charge in [0.2, 0.25) is 0 Å². The molecule has 4 heteroatoms. The van der Waals surface area contributed by atoms with E-state index in [0.717, 1.165) is 5.25 Å². The summed E-state index contributed by atoms with van der Waals surface area (Å²) < 4.78 is 0. The molecule has 1 fully saturated rings. The molecule has 0 aromatic carbocycles. The lowest BCUT2D eigenvalue weighted by molar-refractivity contribution is 0.517. The van der Waals surface area contributed by atoms with E-state index >= 15 is 0 Å². The van der Waals surface area contributed by atoms with Crippen LogP contribution in [0.5, 0.6) is 0 Å². The van der Waals surface area contributed by atoms with Gasteiger partial charge in [0, 0.05) is 5.25 Å². The highest BCUT2D eigenvalue weighted by atomic mass is 33.1. The van der Waals surface area contributed by atoms with Crippen molar-refractivity contribution in [2.45, 2.75) is 37.4 Å². The van der Waals surface area contributed by atoms with Gasteiger partial charge in [-0.05, 0) is 12.8 Å². The van der Waals surface area contributed by atoms with Gasteiger partial charge in [-0.3, -0.25) is 0 Å². The van der Waals surface area contributed by atoms with Gasteiger partial charge < -0.3 is 5.16 Å². The Kier molecular flexibility index (Phi) is 4.27. The highest BCUT2D eigenvalue weighted by Gasteiger charge is 2.13. The summed E-state index contributed by atoms with van der Waals surface area (Å²) in [5.41, 5.74) is 0. The average Bonchev–Trinajstić information content (AvgIpc) is 1.88. The highest BCUT2D eigenvalue weighted by Crippen LogP contribution is 2.48. The lowest BCUT2D eigenvalue weighted by Gasteiger charge is -2.19. The van der Waals surface area contributed by atoms with Gasteiger partial charge in [0.15, 0.2) is 0 Å². The van der Waals surface area contributed by atoms with Crippen LogP contribution in [-0.2, 0) is 0 Å². The van der Waals surface area contributed by atoms with Crippen LogP contribution in [0.3, 0.4) is 0 Å². The Hall–Kier alpha value is 0.930. The molecule has 1 N–H and O–H groups in total. The molecule has 1 atom stereocenters. The molecule has 0 aliphatic heterocycles. The van der Waals surface area contributed by atoms with Crippen LogP contribution >= 0.6 is 29.7 Å². The van der Waals surface area contributed by atoms with E-state index < -0.39 is 6.12 Å². The molecule has 0 saturated heterocycles. The van der Waals surface area contributed by atoms with Crippen LogP contribution in [0.2, 0.25) is 0 Å². The predicted octanol–water partition coefficient (Wildman–Crippen LogP) is 3.79. The van der Waals surface area contributed by atoms with Crippen LogP contribution < -0.4 is 0 Å². The minimum atomic E-state index is -1.07. The summed E-state index contributed by atoms with van der Waals surface area (Å²) in [7, 11) is 0. The largest absolute Gasteiger partial charge is 0.301 e. The fraction of sp³-hybridized carbons (Fsp3) is 1.00. The van der Waals surface area contributed by atoms with Crippen molar-refractivity contribution < 1.29 is 0 Å². The van der Waals surface area contributed by atoms with Crippen molar-refractivity contribution in [1.29, 1.82) is 5.16 Å². The fourth-order valence-corrected chi connectivity index (χ4v) is 5.22. The third-order valence-electron chi connectivity index (χ3n) is 1.83.